The first-order valence-corrected chi connectivity index (χ1v) is 3.55. The van der Waals surface area contributed by atoms with Crippen molar-refractivity contribution in [1.82, 2.24) is 0 Å². The van der Waals surface area contributed by atoms with Crippen molar-refractivity contribution in [3.63, 3.8) is 0 Å². The van der Waals surface area contributed by atoms with E-state index >= 15 is 0 Å². The summed E-state index contributed by atoms with van der Waals surface area (Å²) >= 11 is 0. The molecule has 0 aliphatic rings. The number of rotatable bonds is 2. The van der Waals surface area contributed by atoms with Gasteiger partial charge < -0.3 is 5.41 Å². The highest BCUT2D eigenvalue weighted by molar-refractivity contribution is 5.97. The minimum absolute atomic E-state index is 0.0648. The van der Waals surface area contributed by atoms with Crippen LogP contribution < -0.4 is 0 Å². The van der Waals surface area contributed by atoms with Gasteiger partial charge in [0.25, 0.3) is 6.43 Å². The fourth-order valence-electron chi connectivity index (χ4n) is 1.03. The van der Waals surface area contributed by atoms with Gasteiger partial charge in [-0.15, -0.1) is 0 Å². The largest absolute Gasteiger partial charge is 0.305 e. The highest BCUT2D eigenvalue weighted by atomic mass is 19.3. The van der Waals surface area contributed by atoms with E-state index in [1.165, 1.54) is 19.1 Å². The third kappa shape index (κ3) is 1.67. The van der Waals surface area contributed by atoms with E-state index < -0.39 is 6.43 Å². The summed E-state index contributed by atoms with van der Waals surface area (Å²) < 4.78 is 24.6. The standard InChI is InChI=1S/C9H9F2N/c1-6(12)7-4-2-3-5-8(7)9(10)11/h2-5,9,12H,1H3. The van der Waals surface area contributed by atoms with E-state index in [1.807, 2.05) is 0 Å². The molecule has 0 fully saturated rings. The zero-order chi connectivity index (χ0) is 9.14. The molecule has 0 bridgehead atoms. The molecule has 0 amide bonds. The number of alkyl halides is 2. The van der Waals surface area contributed by atoms with Crippen LogP contribution >= 0.6 is 0 Å². The first kappa shape index (κ1) is 8.84. The molecule has 3 heteroatoms. The molecule has 0 heterocycles. The molecule has 0 aliphatic carbocycles. The molecule has 1 aromatic carbocycles. The van der Waals surface area contributed by atoms with Crippen molar-refractivity contribution in [1.29, 1.82) is 5.41 Å². The van der Waals surface area contributed by atoms with Crippen LogP contribution in [0.5, 0.6) is 0 Å². The summed E-state index contributed by atoms with van der Waals surface area (Å²) in [6, 6.07) is 6.08. The van der Waals surface area contributed by atoms with Gasteiger partial charge in [0.05, 0.1) is 0 Å². The Hall–Kier alpha value is -1.25. The molecular formula is C9H9F2N. The van der Waals surface area contributed by atoms with Gasteiger partial charge in [0, 0.05) is 16.8 Å². The van der Waals surface area contributed by atoms with Gasteiger partial charge >= 0.3 is 0 Å². The number of hydrogen-bond acceptors (Lipinski definition) is 1. The molecule has 1 N–H and O–H groups in total. The molecule has 0 unspecified atom stereocenters. The van der Waals surface area contributed by atoms with Crippen LogP contribution in [0, 0.1) is 5.41 Å². The van der Waals surface area contributed by atoms with E-state index in [2.05, 4.69) is 0 Å². The van der Waals surface area contributed by atoms with Gasteiger partial charge in [0.1, 0.15) is 0 Å². The minimum atomic E-state index is -2.50. The average Bonchev–Trinajstić information content (AvgIpc) is 2.04. The van der Waals surface area contributed by atoms with Crippen LogP contribution in [0.1, 0.15) is 24.5 Å². The van der Waals surface area contributed by atoms with Crippen LogP contribution in [0.4, 0.5) is 8.78 Å². The Morgan fingerprint density at radius 2 is 1.92 bits per heavy atom. The van der Waals surface area contributed by atoms with E-state index in [-0.39, 0.29) is 11.3 Å². The maximum atomic E-state index is 12.3. The molecule has 1 nitrogen and oxygen atoms in total. The second-order valence-electron chi connectivity index (χ2n) is 2.51. The van der Waals surface area contributed by atoms with Crippen molar-refractivity contribution in [3.8, 4) is 0 Å². The lowest BCUT2D eigenvalue weighted by Crippen LogP contribution is -1.99. The molecule has 12 heavy (non-hydrogen) atoms. The number of hydrogen-bond donors (Lipinski definition) is 1. The molecule has 0 atom stereocenters. The second-order valence-corrected chi connectivity index (χ2v) is 2.51. The van der Waals surface area contributed by atoms with Crippen LogP contribution in [-0.2, 0) is 0 Å². The van der Waals surface area contributed by atoms with Crippen molar-refractivity contribution < 1.29 is 8.78 Å². The van der Waals surface area contributed by atoms with Crippen molar-refractivity contribution in [2.75, 3.05) is 0 Å². The molecular weight excluding hydrogens is 160 g/mol. The van der Waals surface area contributed by atoms with E-state index in [1.54, 1.807) is 12.1 Å². The fraction of sp³-hybridized carbons (Fsp3) is 0.222. The Balaban J connectivity index is 3.17. The van der Waals surface area contributed by atoms with Crippen LogP contribution in [0.3, 0.4) is 0 Å². The predicted octanol–water partition coefficient (Wildman–Crippen LogP) is 3.01. The van der Waals surface area contributed by atoms with Gasteiger partial charge in [-0.05, 0) is 6.92 Å². The predicted molar refractivity (Wildman–Crippen MR) is 43.9 cm³/mol. The SMILES string of the molecule is CC(=N)c1ccccc1C(F)F. The van der Waals surface area contributed by atoms with E-state index in [0.29, 0.717) is 5.56 Å². The second kappa shape index (κ2) is 3.43. The smallest absolute Gasteiger partial charge is 0.264 e. The highest BCUT2D eigenvalue weighted by Gasteiger charge is 2.12. The summed E-state index contributed by atoms with van der Waals surface area (Å²) in [5.41, 5.74) is 0.434. The van der Waals surface area contributed by atoms with Crippen LogP contribution in [-0.4, -0.2) is 5.71 Å². The summed E-state index contributed by atoms with van der Waals surface area (Å²) in [5.74, 6) is 0. The monoisotopic (exact) mass is 169 g/mol. The molecule has 64 valence electrons. The Morgan fingerprint density at radius 1 is 1.33 bits per heavy atom. The molecule has 0 saturated carbocycles. The van der Waals surface area contributed by atoms with Gasteiger partial charge in [-0.2, -0.15) is 0 Å². The van der Waals surface area contributed by atoms with Crippen LogP contribution in [0.25, 0.3) is 0 Å². The topological polar surface area (TPSA) is 23.9 Å². The third-order valence-corrected chi connectivity index (χ3v) is 1.60. The first-order valence-electron chi connectivity index (χ1n) is 3.55. The van der Waals surface area contributed by atoms with E-state index in [4.69, 9.17) is 5.41 Å². The average molecular weight is 169 g/mol. The van der Waals surface area contributed by atoms with Crippen molar-refractivity contribution in [2.24, 2.45) is 0 Å². The summed E-state index contributed by atoms with van der Waals surface area (Å²) in [7, 11) is 0. The van der Waals surface area contributed by atoms with Crippen molar-refractivity contribution in [3.05, 3.63) is 35.4 Å². The molecule has 1 rings (SSSR count). The third-order valence-electron chi connectivity index (χ3n) is 1.60. The van der Waals surface area contributed by atoms with E-state index in [0.717, 1.165) is 0 Å². The van der Waals surface area contributed by atoms with E-state index in [9.17, 15) is 8.78 Å². The lowest BCUT2D eigenvalue weighted by molar-refractivity contribution is 0.151. The summed E-state index contributed by atoms with van der Waals surface area (Å²) in [4.78, 5) is 0. The quantitative estimate of drug-likeness (QED) is 0.658. The van der Waals surface area contributed by atoms with Crippen molar-refractivity contribution in [2.45, 2.75) is 13.3 Å². The van der Waals surface area contributed by atoms with Gasteiger partial charge in [-0.1, -0.05) is 24.3 Å². The summed E-state index contributed by atoms with van der Waals surface area (Å²) in [6.45, 7) is 1.50. The fourth-order valence-corrected chi connectivity index (χ4v) is 1.03. The summed E-state index contributed by atoms with van der Waals surface area (Å²) in [6.07, 6.45) is -2.50. The molecule has 0 spiro atoms. The number of benzene rings is 1. The molecule has 0 aliphatic heterocycles. The molecule has 1 aromatic rings. The lowest BCUT2D eigenvalue weighted by Gasteiger charge is -2.05. The minimum Gasteiger partial charge on any atom is -0.305 e. The number of nitrogens with one attached hydrogen (secondary N) is 1. The maximum Gasteiger partial charge on any atom is 0.264 e. The Labute approximate surface area is 69.5 Å². The van der Waals surface area contributed by atoms with Gasteiger partial charge in [-0.3, -0.25) is 0 Å². The zero-order valence-electron chi connectivity index (χ0n) is 6.64. The highest BCUT2D eigenvalue weighted by Crippen LogP contribution is 2.22. The number of halogens is 2. The van der Waals surface area contributed by atoms with Gasteiger partial charge in [0.2, 0.25) is 0 Å². The Bertz CT molecular complexity index is 294. The zero-order valence-corrected chi connectivity index (χ0v) is 6.64. The van der Waals surface area contributed by atoms with Gasteiger partial charge in [0.15, 0.2) is 0 Å². The molecule has 0 radical (unpaired) electrons. The maximum absolute atomic E-state index is 12.3. The first-order chi connectivity index (χ1) is 5.63. The Kier molecular flexibility index (Phi) is 2.53. The summed E-state index contributed by atoms with van der Waals surface area (Å²) in [5, 5.41) is 7.24. The van der Waals surface area contributed by atoms with Crippen LogP contribution in [0.15, 0.2) is 24.3 Å². The molecule has 0 saturated heterocycles. The van der Waals surface area contributed by atoms with Gasteiger partial charge in [-0.25, -0.2) is 8.78 Å². The van der Waals surface area contributed by atoms with Crippen LogP contribution in [0.2, 0.25) is 0 Å². The molecule has 0 aromatic heterocycles. The normalized spacial score (nSPS) is 10.3. The Morgan fingerprint density at radius 3 is 2.33 bits per heavy atom. The lowest BCUT2D eigenvalue weighted by atomic mass is 10.0. The van der Waals surface area contributed by atoms with Crippen molar-refractivity contribution >= 4 is 5.71 Å².